The summed E-state index contributed by atoms with van der Waals surface area (Å²) >= 11 is 0. The van der Waals surface area contributed by atoms with Gasteiger partial charge in [-0.05, 0) is 26.8 Å². The Morgan fingerprint density at radius 2 is 2.00 bits per heavy atom. The number of nitrogens with one attached hydrogen (secondary N) is 2. The Bertz CT molecular complexity index is 1170. The number of rotatable bonds is 5. The van der Waals surface area contributed by atoms with Gasteiger partial charge in [0.1, 0.15) is 23.0 Å². The number of aromatic nitrogens is 7. The Morgan fingerprint density at radius 3 is 2.76 bits per heavy atom. The van der Waals surface area contributed by atoms with Gasteiger partial charge < -0.3 is 15.2 Å². The van der Waals surface area contributed by atoms with Gasteiger partial charge >= 0.3 is 0 Å². The first-order valence-electron chi connectivity index (χ1n) is 9.78. The Hall–Kier alpha value is -3.33. The molecule has 2 N–H and O–H groups in total. The van der Waals surface area contributed by atoms with Gasteiger partial charge in [0.2, 0.25) is 0 Å². The van der Waals surface area contributed by atoms with Gasteiger partial charge in [0.15, 0.2) is 5.82 Å². The van der Waals surface area contributed by atoms with E-state index in [4.69, 9.17) is 0 Å². The smallest absolute Gasteiger partial charge is 0.164 e. The van der Waals surface area contributed by atoms with Crippen molar-refractivity contribution in [2.45, 2.75) is 32.9 Å². The van der Waals surface area contributed by atoms with E-state index in [1.165, 1.54) is 0 Å². The zero-order chi connectivity index (χ0) is 20.0. The SMILES string of the molecule is Cc1nc2cnc(Nc3ccnc(-c4cnn(C5CNC5)c4)n3)cc2n1C(C)C. The van der Waals surface area contributed by atoms with E-state index < -0.39 is 0 Å². The van der Waals surface area contributed by atoms with Gasteiger partial charge in [-0.3, -0.25) is 4.68 Å². The van der Waals surface area contributed by atoms with Crippen LogP contribution in [0.1, 0.15) is 31.8 Å². The van der Waals surface area contributed by atoms with Crippen molar-refractivity contribution in [2.75, 3.05) is 18.4 Å². The summed E-state index contributed by atoms with van der Waals surface area (Å²) in [4.78, 5) is 18.1. The van der Waals surface area contributed by atoms with Crippen molar-refractivity contribution >= 4 is 22.7 Å². The molecule has 1 fully saturated rings. The molecule has 5 heterocycles. The highest BCUT2D eigenvalue weighted by Gasteiger charge is 2.20. The molecule has 0 aromatic carbocycles. The lowest BCUT2D eigenvalue weighted by atomic mass is 10.2. The van der Waals surface area contributed by atoms with Crippen LogP contribution >= 0.6 is 0 Å². The molecule has 148 valence electrons. The summed E-state index contributed by atoms with van der Waals surface area (Å²) in [6, 6.07) is 4.58. The largest absolute Gasteiger partial charge is 0.326 e. The standard InChI is InChI=1S/C20H23N9/c1-12(2)29-13(3)25-16-10-23-19(6-17(16)29)26-18-4-5-22-20(27-18)14-7-24-28(11-14)15-8-21-9-15/h4-7,10-12,15,21H,8-9H2,1-3H3,(H,22,23,26,27). The van der Waals surface area contributed by atoms with E-state index in [0.29, 0.717) is 23.7 Å². The number of fused-ring (bicyclic) bond motifs is 1. The molecule has 0 saturated carbocycles. The monoisotopic (exact) mass is 389 g/mol. The number of anilines is 2. The normalized spacial score (nSPS) is 14.5. The van der Waals surface area contributed by atoms with Crippen molar-refractivity contribution < 1.29 is 0 Å². The highest BCUT2D eigenvalue weighted by molar-refractivity contribution is 5.79. The van der Waals surface area contributed by atoms with Gasteiger partial charge in [0.25, 0.3) is 0 Å². The zero-order valence-corrected chi connectivity index (χ0v) is 16.7. The third-order valence-electron chi connectivity index (χ3n) is 5.17. The van der Waals surface area contributed by atoms with Crippen LogP contribution in [0.4, 0.5) is 11.6 Å². The van der Waals surface area contributed by atoms with Crippen molar-refractivity contribution in [1.29, 1.82) is 0 Å². The second-order valence-corrected chi connectivity index (χ2v) is 7.59. The van der Waals surface area contributed by atoms with E-state index in [9.17, 15) is 0 Å². The second kappa shape index (κ2) is 6.93. The van der Waals surface area contributed by atoms with Crippen molar-refractivity contribution in [2.24, 2.45) is 0 Å². The van der Waals surface area contributed by atoms with Crippen LogP contribution in [-0.4, -0.2) is 47.4 Å². The maximum atomic E-state index is 4.64. The molecular weight excluding hydrogens is 366 g/mol. The highest BCUT2D eigenvalue weighted by atomic mass is 15.3. The molecule has 0 atom stereocenters. The van der Waals surface area contributed by atoms with Crippen molar-refractivity contribution in [1.82, 2.24) is 39.6 Å². The molecule has 0 radical (unpaired) electrons. The van der Waals surface area contributed by atoms with E-state index in [-0.39, 0.29) is 0 Å². The van der Waals surface area contributed by atoms with Crippen LogP contribution < -0.4 is 10.6 Å². The molecular formula is C20H23N9. The molecule has 0 unspecified atom stereocenters. The number of hydrogen-bond acceptors (Lipinski definition) is 7. The predicted molar refractivity (Wildman–Crippen MR) is 111 cm³/mol. The molecule has 5 rings (SSSR count). The van der Waals surface area contributed by atoms with Crippen LogP contribution in [0, 0.1) is 6.92 Å². The molecule has 0 spiro atoms. The molecule has 0 amide bonds. The van der Waals surface area contributed by atoms with E-state index >= 15 is 0 Å². The van der Waals surface area contributed by atoms with Gasteiger partial charge in [-0.1, -0.05) is 0 Å². The molecule has 4 aromatic rings. The van der Waals surface area contributed by atoms with Gasteiger partial charge in [0, 0.05) is 37.6 Å². The van der Waals surface area contributed by atoms with E-state index in [2.05, 4.69) is 54.1 Å². The van der Waals surface area contributed by atoms with Gasteiger partial charge in [-0.2, -0.15) is 5.10 Å². The number of hydrogen-bond donors (Lipinski definition) is 2. The number of aryl methyl sites for hydroxylation is 1. The average Bonchev–Trinajstić information content (AvgIpc) is 3.24. The summed E-state index contributed by atoms with van der Waals surface area (Å²) in [5.74, 6) is 3.03. The predicted octanol–water partition coefficient (Wildman–Crippen LogP) is 2.86. The summed E-state index contributed by atoms with van der Waals surface area (Å²) in [6.45, 7) is 8.22. The first kappa shape index (κ1) is 17.7. The third kappa shape index (κ3) is 3.23. The lowest BCUT2D eigenvalue weighted by molar-refractivity contribution is 0.318. The first-order valence-corrected chi connectivity index (χ1v) is 9.78. The summed E-state index contributed by atoms with van der Waals surface area (Å²) < 4.78 is 4.18. The van der Waals surface area contributed by atoms with E-state index in [1.54, 1.807) is 12.4 Å². The Morgan fingerprint density at radius 1 is 1.14 bits per heavy atom. The Kier molecular flexibility index (Phi) is 4.24. The molecule has 0 bridgehead atoms. The summed E-state index contributed by atoms with van der Waals surface area (Å²) in [6.07, 6.45) is 7.35. The minimum atomic E-state index is 0.323. The molecule has 9 heteroatoms. The summed E-state index contributed by atoms with van der Waals surface area (Å²) in [5, 5.41) is 11.0. The number of nitrogens with zero attached hydrogens (tertiary/aromatic N) is 7. The third-order valence-corrected chi connectivity index (χ3v) is 5.17. The number of imidazole rings is 1. The fraction of sp³-hybridized carbons (Fsp3) is 0.350. The maximum Gasteiger partial charge on any atom is 0.164 e. The molecule has 9 nitrogen and oxygen atoms in total. The second-order valence-electron chi connectivity index (χ2n) is 7.59. The van der Waals surface area contributed by atoms with Crippen molar-refractivity contribution in [3.63, 3.8) is 0 Å². The van der Waals surface area contributed by atoms with Gasteiger partial charge in [0.05, 0.1) is 29.5 Å². The quantitative estimate of drug-likeness (QED) is 0.541. The van der Waals surface area contributed by atoms with E-state index in [0.717, 1.165) is 41.3 Å². The van der Waals surface area contributed by atoms with Crippen LogP contribution in [0.15, 0.2) is 36.9 Å². The summed E-state index contributed by atoms with van der Waals surface area (Å²) in [5.41, 5.74) is 2.85. The maximum absolute atomic E-state index is 4.64. The lowest BCUT2D eigenvalue weighted by Gasteiger charge is -2.27. The molecule has 1 aliphatic heterocycles. The highest BCUT2D eigenvalue weighted by Crippen LogP contribution is 2.24. The molecule has 1 aliphatic rings. The summed E-state index contributed by atoms with van der Waals surface area (Å²) in [7, 11) is 0. The fourth-order valence-electron chi connectivity index (χ4n) is 3.65. The minimum absolute atomic E-state index is 0.323. The Labute approximate surface area is 168 Å². The fourth-order valence-corrected chi connectivity index (χ4v) is 3.65. The molecule has 4 aromatic heterocycles. The first-order chi connectivity index (χ1) is 14.1. The van der Waals surface area contributed by atoms with Crippen molar-refractivity contribution in [3.05, 3.63) is 42.7 Å². The van der Waals surface area contributed by atoms with Crippen molar-refractivity contribution in [3.8, 4) is 11.4 Å². The van der Waals surface area contributed by atoms with Crippen LogP contribution in [0.3, 0.4) is 0 Å². The van der Waals surface area contributed by atoms with Crippen LogP contribution in [-0.2, 0) is 0 Å². The van der Waals surface area contributed by atoms with Gasteiger partial charge in [-0.25, -0.2) is 19.9 Å². The van der Waals surface area contributed by atoms with Crippen LogP contribution in [0.5, 0.6) is 0 Å². The molecule has 29 heavy (non-hydrogen) atoms. The average molecular weight is 389 g/mol. The van der Waals surface area contributed by atoms with Crippen LogP contribution in [0.25, 0.3) is 22.4 Å². The van der Waals surface area contributed by atoms with Gasteiger partial charge in [-0.15, -0.1) is 0 Å². The Balaban J connectivity index is 1.43. The van der Waals surface area contributed by atoms with Crippen LogP contribution in [0.2, 0.25) is 0 Å². The lowest BCUT2D eigenvalue weighted by Crippen LogP contribution is -2.43. The minimum Gasteiger partial charge on any atom is -0.326 e. The molecule has 0 aliphatic carbocycles. The van der Waals surface area contributed by atoms with E-state index in [1.807, 2.05) is 36.1 Å². The topological polar surface area (TPSA) is 98.4 Å². The molecule has 1 saturated heterocycles. The zero-order valence-electron chi connectivity index (χ0n) is 16.7. The number of pyridine rings is 1.